The molecule has 11 nitrogen and oxygen atoms in total. The van der Waals surface area contributed by atoms with Gasteiger partial charge in [0.05, 0.1) is 18.1 Å². The number of carbonyl (C=O) groups is 4. The molecule has 2 unspecified atom stereocenters. The molecular weight excluding hydrogens is 787 g/mol. The predicted molar refractivity (Wildman–Crippen MR) is 231 cm³/mol. The number of nitrogens with zero attached hydrogens (tertiary/aromatic N) is 1. The van der Waals surface area contributed by atoms with Gasteiger partial charge in [0.1, 0.15) is 25.2 Å². The fourth-order valence-electron chi connectivity index (χ4n) is 9.01. The number of amides is 2. The first-order valence-electron chi connectivity index (χ1n) is 21.1. The summed E-state index contributed by atoms with van der Waals surface area (Å²) in [6, 6.07) is 23.7. The number of nitrogens with one attached hydrogen (secondary N) is 2. The molecule has 13 heteroatoms. The van der Waals surface area contributed by atoms with E-state index < -0.39 is 35.7 Å². The number of carbonyl (C=O) groups excluding carboxylic acids is 4. The molecule has 0 bridgehead atoms. The maximum Gasteiger partial charge on any atom is 0.407 e. The minimum atomic E-state index is -1.41. The average Bonchev–Trinajstić information content (AvgIpc) is 3.48. The van der Waals surface area contributed by atoms with Crippen LogP contribution >= 0.6 is 24.0 Å². The van der Waals surface area contributed by atoms with Gasteiger partial charge in [-0.2, -0.15) is 0 Å². The Morgan fingerprint density at radius 1 is 0.678 bits per heavy atom. The Morgan fingerprint density at radius 3 is 1.85 bits per heavy atom. The van der Waals surface area contributed by atoms with Gasteiger partial charge < -0.3 is 30.0 Å². The number of ketones is 2. The van der Waals surface area contributed by atoms with E-state index in [9.17, 15) is 19.5 Å². The predicted octanol–water partition coefficient (Wildman–Crippen LogP) is 8.97. The molecule has 0 spiro atoms. The number of thiocarbonyl (C=S) groups is 1. The van der Waals surface area contributed by atoms with E-state index in [4.69, 9.17) is 26.4 Å². The first-order chi connectivity index (χ1) is 28.7. The van der Waals surface area contributed by atoms with E-state index in [2.05, 4.69) is 10.6 Å². The zero-order valence-corrected chi connectivity index (χ0v) is 35.2. The van der Waals surface area contributed by atoms with E-state index in [1.165, 1.54) is 0 Å². The largest absolute Gasteiger partial charge is 0.469 e. The fourth-order valence-corrected chi connectivity index (χ4v) is 10.5. The van der Waals surface area contributed by atoms with Crippen LogP contribution in [0.2, 0.25) is 0 Å². The van der Waals surface area contributed by atoms with Gasteiger partial charge in [-0.25, -0.2) is 9.59 Å². The van der Waals surface area contributed by atoms with Gasteiger partial charge in [0, 0.05) is 33.8 Å². The number of anilines is 1. The lowest BCUT2D eigenvalue weighted by molar-refractivity contribution is 0.0204. The molecule has 4 aliphatic rings. The summed E-state index contributed by atoms with van der Waals surface area (Å²) in [7, 11) is 0. The number of aliphatic hydroxyl groups excluding tert-OH is 1. The fraction of sp³-hybridized carbons (Fsp3) is 0.500. The van der Waals surface area contributed by atoms with E-state index in [0.717, 1.165) is 69.1 Å². The minimum Gasteiger partial charge on any atom is -0.469 e. The van der Waals surface area contributed by atoms with Crippen molar-refractivity contribution < 1.29 is 38.5 Å². The van der Waals surface area contributed by atoms with E-state index >= 15 is 4.79 Å². The Bertz CT molecular complexity index is 1930. The smallest absolute Gasteiger partial charge is 0.407 e. The molecule has 59 heavy (non-hydrogen) atoms. The molecule has 2 amide bonds. The molecule has 3 aromatic carbocycles. The Morgan fingerprint density at radius 2 is 1.22 bits per heavy atom. The first-order valence-corrected chi connectivity index (χ1v) is 22.5. The maximum absolute atomic E-state index is 15.0. The lowest BCUT2D eigenvalue weighted by Crippen LogP contribution is -2.45. The second kappa shape index (κ2) is 19.7. The molecule has 7 rings (SSSR count). The number of hydrogen-bond donors (Lipinski definition) is 3. The summed E-state index contributed by atoms with van der Waals surface area (Å²) in [4.78, 5) is 58.5. The summed E-state index contributed by atoms with van der Waals surface area (Å²) in [5.74, 6) is 0.125. The van der Waals surface area contributed by atoms with E-state index in [1.807, 2.05) is 65.6 Å². The second-order valence-electron chi connectivity index (χ2n) is 16.5. The van der Waals surface area contributed by atoms with Crippen LogP contribution in [0, 0.1) is 10.8 Å². The Hall–Kier alpha value is -4.46. The van der Waals surface area contributed by atoms with Gasteiger partial charge in [-0.1, -0.05) is 99.2 Å². The van der Waals surface area contributed by atoms with Crippen LogP contribution in [0.5, 0.6) is 0 Å². The zero-order valence-electron chi connectivity index (χ0n) is 33.5. The van der Waals surface area contributed by atoms with Crippen molar-refractivity contribution in [2.75, 3.05) is 37.1 Å². The van der Waals surface area contributed by atoms with Crippen molar-refractivity contribution in [3.8, 4) is 0 Å². The highest BCUT2D eigenvalue weighted by atomic mass is 32.2. The van der Waals surface area contributed by atoms with E-state index in [1.54, 1.807) is 30.0 Å². The minimum absolute atomic E-state index is 0.00635. The quantitative estimate of drug-likeness (QED) is 0.126. The Labute approximate surface area is 356 Å². The van der Waals surface area contributed by atoms with Gasteiger partial charge in [-0.05, 0) is 86.7 Å². The molecule has 0 aromatic heterocycles. The molecule has 2 fully saturated rings. The normalized spacial score (nSPS) is 22.1. The van der Waals surface area contributed by atoms with E-state index in [-0.39, 0.29) is 55.1 Å². The van der Waals surface area contributed by atoms with Crippen LogP contribution in [-0.2, 0) is 14.2 Å². The van der Waals surface area contributed by atoms with Crippen molar-refractivity contribution in [2.45, 2.75) is 106 Å². The third-order valence-electron chi connectivity index (χ3n) is 12.5. The van der Waals surface area contributed by atoms with Crippen molar-refractivity contribution in [2.24, 2.45) is 10.8 Å². The molecule has 3 N–H and O–H groups in total. The van der Waals surface area contributed by atoms with Crippen molar-refractivity contribution in [3.05, 3.63) is 95.6 Å². The summed E-state index contributed by atoms with van der Waals surface area (Å²) >= 11 is 7.69. The third-order valence-corrected chi connectivity index (χ3v) is 13.9. The molecule has 1 aliphatic heterocycles. The number of aliphatic hydroxyl groups is 1. The van der Waals surface area contributed by atoms with Gasteiger partial charge in [0.15, 0.2) is 11.6 Å². The molecule has 0 radical (unpaired) electrons. The van der Waals surface area contributed by atoms with Crippen LogP contribution < -0.4 is 15.5 Å². The third kappa shape index (κ3) is 9.95. The van der Waals surface area contributed by atoms with Crippen LogP contribution in [0.1, 0.15) is 116 Å². The summed E-state index contributed by atoms with van der Waals surface area (Å²) < 4.78 is 18.3. The molecule has 3 aliphatic carbocycles. The van der Waals surface area contributed by atoms with Crippen LogP contribution in [0.25, 0.3) is 0 Å². The second-order valence-corrected chi connectivity index (χ2v) is 18.0. The number of hydrogen-bond acceptors (Lipinski definition) is 10. The number of alkyl carbamates (subject to hydrolysis) is 2. The van der Waals surface area contributed by atoms with Crippen molar-refractivity contribution in [3.63, 3.8) is 0 Å². The highest BCUT2D eigenvalue weighted by molar-refractivity contribution is 7.99. The topological polar surface area (TPSA) is 144 Å². The maximum atomic E-state index is 15.0. The molecular formula is C46H55N3O8S2. The lowest BCUT2D eigenvalue weighted by Gasteiger charge is -2.36. The molecule has 1 heterocycles. The summed E-state index contributed by atoms with van der Waals surface area (Å²) in [6.07, 6.45) is 9.57. The highest BCUT2D eigenvalue weighted by Crippen LogP contribution is 2.44. The number of thioether (sulfide) groups is 1. The Kier molecular flexibility index (Phi) is 14.3. The molecule has 314 valence electrons. The number of Topliss-reactive ketones (excluding diaryl/α,β-unsaturated/α-hetero) is 2. The number of ether oxygens (including phenoxy) is 3. The zero-order chi connectivity index (χ0) is 41.2. The van der Waals surface area contributed by atoms with Crippen LogP contribution in [0.4, 0.5) is 15.3 Å². The van der Waals surface area contributed by atoms with Gasteiger partial charge in [0.25, 0.3) is 5.17 Å². The van der Waals surface area contributed by atoms with Crippen molar-refractivity contribution in [1.82, 2.24) is 10.6 Å². The van der Waals surface area contributed by atoms with Crippen molar-refractivity contribution in [1.29, 1.82) is 0 Å². The summed E-state index contributed by atoms with van der Waals surface area (Å²) in [5, 5.41) is 16.9. The van der Waals surface area contributed by atoms with Gasteiger partial charge >= 0.3 is 12.2 Å². The van der Waals surface area contributed by atoms with Crippen LogP contribution in [0.15, 0.2) is 83.8 Å². The standard InChI is InChI=1S/C46H55N3O8S2/c50-28-45(26-27-59-39-23-13-12-22-37(39)41(45)52)29-57-44(58)49(34-18-8-3-9-19-34)38-24-25-46(40(51)36-21-11-10-20-35(36)38,30-55-42(53)47-32-14-4-1-5-15-32)31-56-43(54)48-33-16-6-2-7-17-33/h3,8-13,18-23,32-33,38,50H,1-2,4-7,14-17,24-31H2,(H,47,53)(H,48,54). The number of rotatable bonds is 11. The number of fused-ring (bicyclic) bond motifs is 2. The lowest BCUT2D eigenvalue weighted by atomic mass is 9.79. The summed E-state index contributed by atoms with van der Waals surface area (Å²) in [6.45, 7) is -1.16. The molecule has 2 saturated carbocycles. The first kappa shape index (κ1) is 42.7. The van der Waals surface area contributed by atoms with Crippen LogP contribution in [0.3, 0.4) is 0 Å². The van der Waals surface area contributed by atoms with Gasteiger partial charge in [0.2, 0.25) is 0 Å². The molecule has 2 atom stereocenters. The molecule has 0 saturated heterocycles. The monoisotopic (exact) mass is 841 g/mol. The van der Waals surface area contributed by atoms with Crippen LogP contribution in [-0.4, -0.2) is 78.3 Å². The SMILES string of the molecule is O=C(NC1CCCCC1)OCC1(COC(=O)NC2CCCCC2)CCC(N(C(=S)OCC2(CO)CCSc3ccccc3C2=O)c2ccccc2)c2ccccc2C1=O. The van der Waals surface area contributed by atoms with Crippen molar-refractivity contribution >= 4 is 58.6 Å². The van der Waals surface area contributed by atoms with E-state index in [0.29, 0.717) is 41.0 Å². The van der Waals surface area contributed by atoms with Gasteiger partial charge in [-0.15, -0.1) is 11.8 Å². The highest BCUT2D eigenvalue weighted by Gasteiger charge is 2.48. The summed E-state index contributed by atoms with van der Waals surface area (Å²) in [5.41, 5.74) is -0.304. The Balaban J connectivity index is 1.18. The number of para-hydroxylation sites is 1. The average molecular weight is 842 g/mol. The molecule has 3 aromatic rings. The number of benzene rings is 3. The van der Waals surface area contributed by atoms with Gasteiger partial charge in [-0.3, -0.25) is 14.5 Å².